The molecule has 21 heavy (non-hydrogen) atoms. The van der Waals surface area contributed by atoms with Crippen LogP contribution in [0.15, 0.2) is 18.2 Å². The summed E-state index contributed by atoms with van der Waals surface area (Å²) in [6, 6.07) is 5.54. The minimum Gasteiger partial charge on any atom is -0.495 e. The Balaban J connectivity index is 2.09. The van der Waals surface area contributed by atoms with Gasteiger partial charge in [0.05, 0.1) is 12.8 Å². The third-order valence-electron chi connectivity index (χ3n) is 4.66. The van der Waals surface area contributed by atoms with Gasteiger partial charge in [0.25, 0.3) is 5.91 Å². The molecule has 0 bridgehead atoms. The highest BCUT2D eigenvalue weighted by Gasteiger charge is 2.30. The predicted octanol–water partition coefficient (Wildman–Crippen LogP) is 3.32. The van der Waals surface area contributed by atoms with Crippen molar-refractivity contribution in [1.82, 2.24) is 4.90 Å². The normalized spacial score (nSPS) is 18.3. The fraction of sp³-hybridized carbons (Fsp3) is 0.588. The van der Waals surface area contributed by atoms with E-state index < -0.39 is 0 Å². The Morgan fingerprint density at radius 2 is 1.95 bits per heavy atom. The molecule has 1 aliphatic rings. The van der Waals surface area contributed by atoms with Crippen LogP contribution in [0.1, 0.15) is 49.9 Å². The molecule has 0 atom stereocenters. The summed E-state index contributed by atoms with van der Waals surface area (Å²) in [4.78, 5) is 14.5. The first-order chi connectivity index (χ1) is 9.84. The van der Waals surface area contributed by atoms with Crippen molar-refractivity contribution >= 4 is 11.6 Å². The van der Waals surface area contributed by atoms with Crippen LogP contribution < -0.4 is 10.5 Å². The Hall–Kier alpha value is -1.71. The van der Waals surface area contributed by atoms with Crippen LogP contribution >= 0.6 is 0 Å². The van der Waals surface area contributed by atoms with E-state index in [0.29, 0.717) is 28.5 Å². The lowest BCUT2D eigenvalue weighted by molar-refractivity contribution is 0.0635. The van der Waals surface area contributed by atoms with Crippen LogP contribution in [0.5, 0.6) is 5.75 Å². The highest BCUT2D eigenvalue weighted by molar-refractivity contribution is 5.95. The zero-order valence-corrected chi connectivity index (χ0v) is 13.5. The fourth-order valence-electron chi connectivity index (χ4n) is 2.98. The molecule has 2 N–H and O–H groups in total. The summed E-state index contributed by atoms with van der Waals surface area (Å²) < 4.78 is 5.19. The maximum Gasteiger partial charge on any atom is 0.253 e. The third-order valence-corrected chi connectivity index (χ3v) is 4.66. The van der Waals surface area contributed by atoms with Crippen LogP contribution in [0.3, 0.4) is 0 Å². The number of ether oxygens (including phenoxy) is 1. The van der Waals surface area contributed by atoms with E-state index in [9.17, 15) is 4.79 Å². The van der Waals surface area contributed by atoms with Crippen molar-refractivity contribution in [3.63, 3.8) is 0 Å². The predicted molar refractivity (Wildman–Crippen MR) is 85.5 cm³/mol. The smallest absolute Gasteiger partial charge is 0.253 e. The molecule has 0 aromatic heterocycles. The number of carbonyl (C=O) groups excluding carboxylic acids is 1. The second-order valence-electron chi connectivity index (χ2n) is 6.77. The van der Waals surface area contributed by atoms with Crippen molar-refractivity contribution in [2.24, 2.45) is 5.41 Å². The summed E-state index contributed by atoms with van der Waals surface area (Å²) in [7, 11) is 3.46. The van der Waals surface area contributed by atoms with Crippen LogP contribution in [0.25, 0.3) is 0 Å². The van der Waals surface area contributed by atoms with Crippen LogP contribution in [0, 0.1) is 5.41 Å². The Bertz CT molecular complexity index is 516. The van der Waals surface area contributed by atoms with E-state index in [1.54, 1.807) is 25.3 Å². The lowest BCUT2D eigenvalue weighted by Gasteiger charge is -2.38. The first kappa shape index (κ1) is 15.7. The van der Waals surface area contributed by atoms with Crippen molar-refractivity contribution in [1.29, 1.82) is 0 Å². The molecule has 1 aromatic carbocycles. The van der Waals surface area contributed by atoms with Gasteiger partial charge in [0.15, 0.2) is 0 Å². The Morgan fingerprint density at radius 3 is 2.52 bits per heavy atom. The van der Waals surface area contributed by atoms with Crippen LogP contribution in [-0.2, 0) is 0 Å². The average Bonchev–Trinajstić information content (AvgIpc) is 2.46. The molecule has 1 fully saturated rings. The zero-order chi connectivity index (χ0) is 15.6. The van der Waals surface area contributed by atoms with Crippen molar-refractivity contribution in [2.45, 2.75) is 45.6 Å². The molecule has 0 saturated heterocycles. The first-order valence-corrected chi connectivity index (χ1v) is 7.55. The summed E-state index contributed by atoms with van der Waals surface area (Å²) in [6.07, 6.45) is 4.48. The second kappa shape index (κ2) is 5.96. The molecule has 116 valence electrons. The summed E-state index contributed by atoms with van der Waals surface area (Å²) >= 11 is 0. The molecule has 0 unspecified atom stereocenters. The number of methoxy groups -OCH3 is 1. The monoisotopic (exact) mass is 290 g/mol. The van der Waals surface area contributed by atoms with Gasteiger partial charge in [-0.3, -0.25) is 4.79 Å². The fourth-order valence-corrected chi connectivity index (χ4v) is 2.98. The average molecular weight is 290 g/mol. The van der Waals surface area contributed by atoms with Gasteiger partial charge in [0.2, 0.25) is 0 Å². The highest BCUT2D eigenvalue weighted by atomic mass is 16.5. The van der Waals surface area contributed by atoms with Gasteiger partial charge in [-0.1, -0.05) is 13.8 Å². The molecule has 0 spiro atoms. The summed E-state index contributed by atoms with van der Waals surface area (Å²) in [5, 5.41) is 0. The second-order valence-corrected chi connectivity index (χ2v) is 6.77. The Labute approximate surface area is 127 Å². The number of hydrogen-bond donors (Lipinski definition) is 1. The minimum absolute atomic E-state index is 0.0398. The van der Waals surface area contributed by atoms with Gasteiger partial charge in [-0.15, -0.1) is 0 Å². The Kier molecular flexibility index (Phi) is 4.45. The van der Waals surface area contributed by atoms with Crippen molar-refractivity contribution in [3.8, 4) is 5.75 Å². The number of hydrogen-bond acceptors (Lipinski definition) is 3. The molecule has 0 heterocycles. The lowest BCUT2D eigenvalue weighted by atomic mass is 9.75. The maximum atomic E-state index is 12.6. The van der Waals surface area contributed by atoms with E-state index in [2.05, 4.69) is 13.8 Å². The summed E-state index contributed by atoms with van der Waals surface area (Å²) in [6.45, 7) is 4.60. The number of nitrogens with zero attached hydrogens (tertiary/aromatic N) is 1. The number of carbonyl (C=O) groups is 1. The van der Waals surface area contributed by atoms with E-state index >= 15 is 0 Å². The lowest BCUT2D eigenvalue weighted by Crippen LogP contribution is -2.40. The zero-order valence-electron chi connectivity index (χ0n) is 13.5. The molecule has 4 heteroatoms. The molecule has 0 radical (unpaired) electrons. The molecular formula is C17H26N2O2. The molecule has 1 saturated carbocycles. The first-order valence-electron chi connectivity index (χ1n) is 7.55. The highest BCUT2D eigenvalue weighted by Crippen LogP contribution is 2.37. The number of rotatable bonds is 3. The number of nitrogen functional groups attached to an aromatic ring is 1. The van der Waals surface area contributed by atoms with Gasteiger partial charge in [0.1, 0.15) is 5.75 Å². The van der Waals surface area contributed by atoms with Crippen molar-refractivity contribution in [3.05, 3.63) is 23.8 Å². The Morgan fingerprint density at radius 1 is 1.33 bits per heavy atom. The largest absolute Gasteiger partial charge is 0.495 e. The number of nitrogens with two attached hydrogens (primary N) is 1. The number of benzene rings is 1. The molecular weight excluding hydrogens is 264 g/mol. The molecule has 1 amide bonds. The van der Waals surface area contributed by atoms with Gasteiger partial charge >= 0.3 is 0 Å². The number of amides is 1. The van der Waals surface area contributed by atoms with Crippen LogP contribution in [-0.4, -0.2) is 31.0 Å². The summed E-state index contributed by atoms with van der Waals surface area (Å²) in [5.41, 5.74) is 7.39. The maximum absolute atomic E-state index is 12.6. The molecule has 2 rings (SSSR count). The molecule has 0 aliphatic heterocycles. The SMILES string of the molecule is COc1cc(C(=O)N(C)C2CCC(C)(C)CC2)ccc1N. The minimum atomic E-state index is 0.0398. The summed E-state index contributed by atoms with van der Waals surface area (Å²) in [5.74, 6) is 0.594. The van der Waals surface area contributed by atoms with Crippen LogP contribution in [0.4, 0.5) is 5.69 Å². The molecule has 4 nitrogen and oxygen atoms in total. The van der Waals surface area contributed by atoms with Gasteiger partial charge in [-0.05, 0) is 49.3 Å². The van der Waals surface area contributed by atoms with Gasteiger partial charge < -0.3 is 15.4 Å². The van der Waals surface area contributed by atoms with E-state index in [-0.39, 0.29) is 5.91 Å². The molecule has 1 aliphatic carbocycles. The van der Waals surface area contributed by atoms with Gasteiger partial charge in [-0.2, -0.15) is 0 Å². The number of anilines is 1. The quantitative estimate of drug-likeness (QED) is 0.869. The van der Waals surface area contributed by atoms with E-state index in [1.807, 2.05) is 11.9 Å². The van der Waals surface area contributed by atoms with E-state index in [0.717, 1.165) is 12.8 Å². The third kappa shape index (κ3) is 3.49. The van der Waals surface area contributed by atoms with Gasteiger partial charge in [-0.25, -0.2) is 0 Å². The van der Waals surface area contributed by atoms with E-state index in [4.69, 9.17) is 10.5 Å². The molecule has 1 aromatic rings. The van der Waals surface area contributed by atoms with Gasteiger partial charge in [0, 0.05) is 18.7 Å². The van der Waals surface area contributed by atoms with Crippen molar-refractivity contribution in [2.75, 3.05) is 19.9 Å². The standard InChI is InChI=1S/C17H26N2O2/c1-17(2)9-7-13(8-10-17)19(3)16(20)12-5-6-14(18)15(11-12)21-4/h5-6,11,13H,7-10,18H2,1-4H3. The topological polar surface area (TPSA) is 55.6 Å². The van der Waals surface area contributed by atoms with Crippen molar-refractivity contribution < 1.29 is 9.53 Å². The van der Waals surface area contributed by atoms with Crippen LogP contribution in [0.2, 0.25) is 0 Å². The van der Waals surface area contributed by atoms with E-state index in [1.165, 1.54) is 12.8 Å².